The van der Waals surface area contributed by atoms with Gasteiger partial charge in [0.2, 0.25) is 0 Å². The third-order valence-electron chi connectivity index (χ3n) is 24.8. The number of aromatic nitrogens is 2. The summed E-state index contributed by atoms with van der Waals surface area (Å²) < 4.78 is 10.7. The second kappa shape index (κ2) is 31.9. The quantitative estimate of drug-likeness (QED) is 0.0961. The molecule has 0 fully saturated rings. The number of nitrogens with zero attached hydrogens (tertiary/aromatic N) is 2. The molecule has 0 unspecified atom stereocenters. The van der Waals surface area contributed by atoms with Crippen molar-refractivity contribution in [1.29, 1.82) is 0 Å². The third kappa shape index (κ3) is 13.6. The molecule has 0 amide bonds. The van der Waals surface area contributed by atoms with Crippen molar-refractivity contribution < 1.29 is 0 Å². The van der Waals surface area contributed by atoms with E-state index >= 15 is 0 Å². The number of fused-ring (bicyclic) bond motifs is 12. The molecule has 0 N–H and O–H groups in total. The van der Waals surface area contributed by atoms with Crippen molar-refractivity contribution in [3.63, 3.8) is 0 Å². The van der Waals surface area contributed by atoms with E-state index in [-0.39, 0.29) is 29.0 Å². The summed E-state index contributed by atoms with van der Waals surface area (Å²) in [6, 6.07) is 174. The number of hydrogen-bond acceptors (Lipinski definition) is 0. The fraction of sp³-hybridized carbons (Fsp3) is 0. The van der Waals surface area contributed by atoms with Gasteiger partial charge in [0.25, 0.3) is 0 Å². The molecule has 0 saturated carbocycles. The monoisotopic (exact) mass is 1710 g/mol. The van der Waals surface area contributed by atoms with Gasteiger partial charge in [-0.25, -0.2) is 0 Å². The molecule has 24 rings (SSSR count). The van der Waals surface area contributed by atoms with Gasteiger partial charge in [-0.1, -0.05) is 103 Å². The van der Waals surface area contributed by atoms with Crippen LogP contribution in [0.25, 0.3) is 227 Å². The molecule has 24 aromatic rings. The molecule has 4 heterocycles. The van der Waals surface area contributed by atoms with Crippen molar-refractivity contribution in [2.45, 2.75) is 0 Å². The van der Waals surface area contributed by atoms with E-state index in [1.165, 1.54) is 216 Å². The van der Waals surface area contributed by atoms with Crippen LogP contribution in [0.1, 0.15) is 0 Å². The maximum atomic E-state index is 2.43. The van der Waals surface area contributed by atoms with Gasteiger partial charge in [0.15, 0.2) is 0 Å². The van der Waals surface area contributed by atoms with Gasteiger partial charge >= 0.3 is 635 Å². The molecule has 580 valence electrons. The fourth-order valence-electron chi connectivity index (χ4n) is 18.7. The van der Waals surface area contributed by atoms with Gasteiger partial charge < -0.3 is 0 Å². The molecule has 2 nitrogen and oxygen atoms in total. The zero-order chi connectivity index (χ0) is 82.0. The molecular weight excluding hydrogens is 1630 g/mol. The summed E-state index contributed by atoms with van der Waals surface area (Å²) in [5.41, 5.74) is 36.9. The summed E-state index contributed by atoms with van der Waals surface area (Å²) >= 11 is 0.265. The van der Waals surface area contributed by atoms with Crippen LogP contribution < -0.4 is 0 Å². The SMILES string of the molecule is c1ccc(-c2ccc(-c3cc(-c4ccc5c(c4)c4cc(-c6ccccc6)ccc4n5-c4ccccc4)cc(-c4cccc5c4[se]c4c(-c6ccccc6)cccc45)c3)cc2)cc1.c1ccc(-c2cccc(-c3cc(-c4ccc5c(c4)c4cc(-c6ccccc6)ccc4n5-c4ccccc4)cc(-c4cccc5c4[se]c4c(-c6ccccc6)cccc45)c3)c2)cc1. The van der Waals surface area contributed by atoms with Crippen molar-refractivity contribution in [3.05, 3.63) is 473 Å². The first-order valence-electron chi connectivity index (χ1n) is 42.5. The first-order chi connectivity index (χ1) is 61.5. The van der Waals surface area contributed by atoms with Gasteiger partial charge in [0, 0.05) is 0 Å². The molecule has 0 aliphatic carbocycles. The van der Waals surface area contributed by atoms with Crippen LogP contribution in [0.4, 0.5) is 0 Å². The number of benzene rings is 20. The number of hydrogen-bond donors (Lipinski definition) is 0. The van der Waals surface area contributed by atoms with E-state index in [0.29, 0.717) is 0 Å². The van der Waals surface area contributed by atoms with Crippen LogP contribution in [0.2, 0.25) is 0 Å². The predicted octanol–water partition coefficient (Wildman–Crippen LogP) is 32.3. The van der Waals surface area contributed by atoms with Crippen LogP contribution in [0.3, 0.4) is 0 Å². The Balaban J connectivity index is 0.000000143. The van der Waals surface area contributed by atoms with Crippen LogP contribution in [0.5, 0.6) is 0 Å². The second-order valence-corrected chi connectivity index (χ2v) is 36.4. The van der Waals surface area contributed by atoms with Gasteiger partial charge in [-0.3, -0.25) is 0 Å². The van der Waals surface area contributed by atoms with E-state index in [1.54, 1.807) is 0 Å². The van der Waals surface area contributed by atoms with Crippen LogP contribution in [0, 0.1) is 0 Å². The minimum atomic E-state index is 0.131. The molecule has 20 aromatic carbocycles. The molecule has 0 saturated heterocycles. The topological polar surface area (TPSA) is 9.86 Å². The molecule has 0 spiro atoms. The van der Waals surface area contributed by atoms with E-state index in [9.17, 15) is 0 Å². The summed E-state index contributed by atoms with van der Waals surface area (Å²) in [5, 5.41) is 10.4. The summed E-state index contributed by atoms with van der Waals surface area (Å²) in [7, 11) is 0. The zero-order valence-corrected chi connectivity index (χ0v) is 71.2. The van der Waals surface area contributed by atoms with Gasteiger partial charge in [0.05, 0.1) is 0 Å². The van der Waals surface area contributed by atoms with Crippen molar-refractivity contribution >= 4 is 111 Å². The van der Waals surface area contributed by atoms with Gasteiger partial charge in [0.1, 0.15) is 0 Å². The summed E-state index contributed by atoms with van der Waals surface area (Å²) in [6.07, 6.45) is 0. The third-order valence-corrected chi connectivity index (χ3v) is 30.2. The first kappa shape index (κ1) is 74.1. The van der Waals surface area contributed by atoms with Crippen molar-refractivity contribution in [2.75, 3.05) is 0 Å². The van der Waals surface area contributed by atoms with E-state index in [4.69, 9.17) is 0 Å². The van der Waals surface area contributed by atoms with E-state index in [0.717, 1.165) is 11.4 Å². The standard InChI is InChI=1S/2C60H39NSe/c1-5-16-40(17-6-1)43-22-13-23-44(34-43)47-35-48(37-49(36-47)52-27-15-29-54-53-28-14-26-51(59(53)62-60(52)54)42-20-9-3-10-21-42)46-31-33-58-56(39-46)55-38-45(41-18-7-2-8-19-41)30-32-57(55)61(58)50-24-11-4-12-25-50;1-5-15-40(16-6-1)42-27-29-43(30-28-42)47-35-48(37-49(36-47)52-24-14-26-54-53-25-13-23-51(59(53)62-60(52)54)44-19-9-3-10-20-44)46-32-34-58-56(39-46)55-38-45(41-17-7-2-8-18-41)31-33-57(55)61(58)50-21-11-4-12-22-50/h2*1-39H. The van der Waals surface area contributed by atoms with Gasteiger partial charge in [-0.05, 0) is 0 Å². The number of rotatable bonds is 14. The van der Waals surface area contributed by atoms with E-state index < -0.39 is 0 Å². The molecule has 124 heavy (non-hydrogen) atoms. The van der Waals surface area contributed by atoms with Gasteiger partial charge in [-0.15, -0.1) is 0 Å². The van der Waals surface area contributed by atoms with Crippen LogP contribution in [0.15, 0.2) is 473 Å². The molecule has 0 bridgehead atoms. The van der Waals surface area contributed by atoms with E-state index in [2.05, 4.69) is 482 Å². The summed E-state index contributed by atoms with van der Waals surface area (Å²) in [4.78, 5) is 0. The Morgan fingerprint density at radius 1 is 0.121 bits per heavy atom. The minimum absolute atomic E-state index is 0.131. The van der Waals surface area contributed by atoms with Crippen LogP contribution in [-0.4, -0.2) is 38.1 Å². The molecule has 0 radical (unpaired) electrons. The fourth-order valence-corrected chi connectivity index (χ4v) is 24.5. The Labute approximate surface area is 732 Å². The average molecular weight is 1710 g/mol. The van der Waals surface area contributed by atoms with Crippen molar-refractivity contribution in [1.82, 2.24) is 9.13 Å². The first-order valence-corrected chi connectivity index (χ1v) is 45.9. The second-order valence-electron chi connectivity index (χ2n) is 32.2. The molecule has 4 aromatic heterocycles. The normalized spacial score (nSPS) is 11.5. The van der Waals surface area contributed by atoms with Crippen molar-refractivity contribution in [2.24, 2.45) is 0 Å². The average Bonchev–Trinajstić information content (AvgIpc) is 1.58. The zero-order valence-electron chi connectivity index (χ0n) is 67.7. The predicted molar refractivity (Wildman–Crippen MR) is 531 cm³/mol. The molecule has 4 heteroatoms. The Kier molecular flexibility index (Phi) is 19.1. The molecule has 0 atom stereocenters. The Bertz CT molecular complexity index is 8150. The molecule has 0 aliphatic heterocycles. The van der Waals surface area contributed by atoms with Crippen molar-refractivity contribution in [3.8, 4) is 145 Å². The summed E-state index contributed by atoms with van der Waals surface area (Å²) in [6.45, 7) is 0. The molecular formula is C120H78N2Se2. The van der Waals surface area contributed by atoms with Gasteiger partial charge in [-0.2, -0.15) is 0 Å². The maximum absolute atomic E-state index is 2.43. The van der Waals surface area contributed by atoms with E-state index in [1.807, 2.05) is 0 Å². The summed E-state index contributed by atoms with van der Waals surface area (Å²) in [5.74, 6) is 0. The van der Waals surface area contributed by atoms with Crippen LogP contribution >= 0.6 is 0 Å². The molecule has 0 aliphatic rings. The Morgan fingerprint density at radius 2 is 0.315 bits per heavy atom. The number of para-hydroxylation sites is 2. The Morgan fingerprint density at radius 3 is 0.629 bits per heavy atom. The van der Waals surface area contributed by atoms with Crippen LogP contribution in [-0.2, 0) is 0 Å². The Hall–Kier alpha value is -15.0.